The molecule has 1 atom stereocenters. The van der Waals surface area contributed by atoms with Crippen molar-refractivity contribution in [2.75, 3.05) is 0 Å². The van der Waals surface area contributed by atoms with Crippen molar-refractivity contribution in [3.05, 3.63) is 252 Å². The lowest BCUT2D eigenvalue weighted by atomic mass is 9.66. The van der Waals surface area contributed by atoms with Crippen molar-refractivity contribution in [1.29, 1.82) is 0 Å². The van der Waals surface area contributed by atoms with Crippen LogP contribution in [0, 0.1) is 34.6 Å². The van der Waals surface area contributed by atoms with E-state index in [2.05, 4.69) is 270 Å². The van der Waals surface area contributed by atoms with Crippen molar-refractivity contribution in [1.82, 2.24) is 18.7 Å². The Bertz CT molecular complexity index is 4780. The van der Waals surface area contributed by atoms with Crippen LogP contribution in [-0.2, 0) is 10.8 Å². The van der Waals surface area contributed by atoms with Gasteiger partial charge in [0.1, 0.15) is 17.0 Å². The molecule has 5 heteroatoms. The first-order chi connectivity index (χ1) is 39.3. The first-order valence-corrected chi connectivity index (χ1v) is 28.7. The zero-order valence-electron chi connectivity index (χ0n) is 47.8. The van der Waals surface area contributed by atoms with Gasteiger partial charge in [0.15, 0.2) is 0 Å². The number of nitrogens with zero attached hydrogens (tertiary/aromatic N) is 4. The van der Waals surface area contributed by atoms with Crippen LogP contribution in [0.4, 0.5) is 0 Å². The van der Waals surface area contributed by atoms with Gasteiger partial charge in [-0.2, -0.15) is 0 Å². The number of hydrogen-bond donors (Lipinski definition) is 0. The smallest absolute Gasteiger partial charge is 0.144 e. The number of imidazole rings is 1. The van der Waals surface area contributed by atoms with Crippen molar-refractivity contribution in [3.8, 4) is 50.7 Å². The Labute approximate surface area is 474 Å². The molecule has 1 unspecified atom stereocenters. The van der Waals surface area contributed by atoms with E-state index in [-0.39, 0.29) is 10.8 Å². The molecule has 0 spiro atoms. The third-order valence-corrected chi connectivity index (χ3v) is 18.7. The van der Waals surface area contributed by atoms with Crippen LogP contribution in [0.1, 0.15) is 79.5 Å². The Balaban J connectivity index is 0.751. The highest BCUT2D eigenvalue weighted by Gasteiger charge is 2.34. The van der Waals surface area contributed by atoms with Gasteiger partial charge in [-0.15, -0.1) is 0 Å². The average molecular weight is 1050 g/mol. The average Bonchev–Trinajstić information content (AvgIpc) is 4.49. The van der Waals surface area contributed by atoms with Gasteiger partial charge in [0, 0.05) is 61.6 Å². The molecule has 396 valence electrons. The SMILES string of the molecule is CCC(C)(CC(C)(C)c1ccc(-n2c3ccccc3c3cc(-c4cccc(-n5c6ccccc6c6cc(-c7ccc8oc9ccccc9c8c7)ccc65)c4)ccc32)cc1)c1ccc(-c2nccn2-c2c(C)c(C)c(C)c(C)c2C)cc1. The predicted molar refractivity (Wildman–Crippen MR) is 341 cm³/mol. The van der Waals surface area contributed by atoms with Crippen LogP contribution >= 0.6 is 0 Å². The second-order valence-electron chi connectivity index (χ2n) is 23.7. The van der Waals surface area contributed by atoms with Crippen LogP contribution < -0.4 is 0 Å². The molecule has 4 aromatic heterocycles. The molecule has 0 aliphatic carbocycles. The summed E-state index contributed by atoms with van der Waals surface area (Å²) in [6, 6.07) is 74.1. The molecule has 81 heavy (non-hydrogen) atoms. The molecule has 0 saturated heterocycles. The highest BCUT2D eigenvalue weighted by molar-refractivity contribution is 6.12. The van der Waals surface area contributed by atoms with Crippen molar-refractivity contribution in [2.24, 2.45) is 0 Å². The summed E-state index contributed by atoms with van der Waals surface area (Å²) < 4.78 is 13.3. The molecule has 14 aromatic rings. The molecule has 4 heterocycles. The summed E-state index contributed by atoms with van der Waals surface area (Å²) in [5.41, 5.74) is 25.2. The van der Waals surface area contributed by atoms with Gasteiger partial charge >= 0.3 is 0 Å². The Morgan fingerprint density at radius 1 is 0.407 bits per heavy atom. The van der Waals surface area contributed by atoms with Crippen LogP contribution in [0.5, 0.6) is 0 Å². The Kier molecular flexibility index (Phi) is 11.7. The van der Waals surface area contributed by atoms with Crippen LogP contribution in [0.25, 0.3) is 116 Å². The highest BCUT2D eigenvalue weighted by atomic mass is 16.3. The van der Waals surface area contributed by atoms with Crippen molar-refractivity contribution in [2.45, 2.75) is 86.0 Å². The molecule has 0 aliphatic heterocycles. The molecule has 0 radical (unpaired) electrons. The number of fused-ring (bicyclic) bond motifs is 9. The molecule has 10 aromatic carbocycles. The lowest BCUT2D eigenvalue weighted by Crippen LogP contribution is -2.31. The maximum Gasteiger partial charge on any atom is 0.144 e. The summed E-state index contributed by atoms with van der Waals surface area (Å²) in [5.74, 6) is 0.976. The minimum absolute atomic E-state index is 0.0414. The highest BCUT2D eigenvalue weighted by Crippen LogP contribution is 2.44. The molecule has 5 nitrogen and oxygen atoms in total. The normalized spacial score (nSPS) is 13.0. The number of benzene rings is 10. The summed E-state index contributed by atoms with van der Waals surface area (Å²) >= 11 is 0. The van der Waals surface area contributed by atoms with Gasteiger partial charge in [-0.25, -0.2) is 4.98 Å². The van der Waals surface area contributed by atoms with E-state index in [0.29, 0.717) is 0 Å². The van der Waals surface area contributed by atoms with E-state index in [0.717, 1.165) is 57.5 Å². The second kappa shape index (κ2) is 19.0. The third-order valence-electron chi connectivity index (χ3n) is 18.7. The molecule has 0 amide bonds. The fourth-order valence-electron chi connectivity index (χ4n) is 13.7. The van der Waals surface area contributed by atoms with Crippen LogP contribution in [0.15, 0.2) is 217 Å². The van der Waals surface area contributed by atoms with E-state index in [1.165, 1.54) is 110 Å². The summed E-state index contributed by atoms with van der Waals surface area (Å²) in [4.78, 5) is 4.92. The lowest BCUT2D eigenvalue weighted by Gasteiger charge is -2.38. The minimum Gasteiger partial charge on any atom is -0.456 e. The first-order valence-electron chi connectivity index (χ1n) is 28.7. The van der Waals surface area contributed by atoms with Crippen molar-refractivity contribution < 1.29 is 4.42 Å². The van der Waals surface area contributed by atoms with Gasteiger partial charge in [-0.3, -0.25) is 4.57 Å². The number of hydrogen-bond acceptors (Lipinski definition) is 2. The van der Waals surface area contributed by atoms with Crippen LogP contribution in [0.3, 0.4) is 0 Å². The van der Waals surface area contributed by atoms with Gasteiger partial charge in [0.2, 0.25) is 0 Å². The first kappa shape index (κ1) is 50.1. The van der Waals surface area contributed by atoms with E-state index in [4.69, 9.17) is 9.40 Å². The molecule has 0 aliphatic rings. The minimum atomic E-state index is -0.0900. The van der Waals surface area contributed by atoms with Crippen LogP contribution in [0.2, 0.25) is 0 Å². The Morgan fingerprint density at radius 2 is 0.901 bits per heavy atom. The monoisotopic (exact) mass is 1050 g/mol. The summed E-state index contributed by atoms with van der Waals surface area (Å²) in [7, 11) is 0. The number of para-hydroxylation sites is 3. The molecule has 14 rings (SSSR count). The molecule has 0 N–H and O–H groups in total. The third kappa shape index (κ3) is 8.07. The number of aromatic nitrogens is 4. The fraction of sp³-hybridized carbons (Fsp3) is 0.171. The second-order valence-corrected chi connectivity index (χ2v) is 23.7. The van der Waals surface area contributed by atoms with E-state index < -0.39 is 0 Å². The fourth-order valence-corrected chi connectivity index (χ4v) is 13.7. The van der Waals surface area contributed by atoms with E-state index in [1.807, 2.05) is 18.3 Å². The van der Waals surface area contributed by atoms with Crippen LogP contribution in [-0.4, -0.2) is 18.7 Å². The Morgan fingerprint density at radius 3 is 1.53 bits per heavy atom. The van der Waals surface area contributed by atoms with Gasteiger partial charge in [0.25, 0.3) is 0 Å². The quantitative estimate of drug-likeness (QED) is 0.130. The largest absolute Gasteiger partial charge is 0.456 e. The molecular weight excluding hydrogens is 985 g/mol. The summed E-state index contributed by atoms with van der Waals surface area (Å²) in [6.07, 6.45) is 6.08. The molecule has 0 fully saturated rings. The molecule has 0 saturated carbocycles. The van der Waals surface area contributed by atoms with Gasteiger partial charge in [-0.1, -0.05) is 149 Å². The number of furan rings is 1. The number of rotatable bonds is 11. The lowest BCUT2D eigenvalue weighted by molar-refractivity contribution is 0.317. The predicted octanol–water partition coefficient (Wildman–Crippen LogP) is 20.5. The van der Waals surface area contributed by atoms with E-state index in [9.17, 15) is 0 Å². The van der Waals surface area contributed by atoms with E-state index >= 15 is 0 Å². The molecule has 0 bridgehead atoms. The maximum absolute atomic E-state index is 6.18. The van der Waals surface area contributed by atoms with Crippen molar-refractivity contribution >= 4 is 65.6 Å². The van der Waals surface area contributed by atoms with Gasteiger partial charge < -0.3 is 13.6 Å². The summed E-state index contributed by atoms with van der Waals surface area (Å²) in [6.45, 7) is 20.8. The molecular formula is C76H66N4O. The van der Waals surface area contributed by atoms with Gasteiger partial charge in [0.05, 0.1) is 27.8 Å². The standard InChI is InChI=1S/C76H66N4O/c1-10-76(9,58-31-26-52(27-32-58)74-77-40-41-78(74)73-50(5)48(3)47(2)49(4)51(73)6)46-75(7,8)57-33-35-59(36-34-57)79-67-23-14-11-20-61(67)64-43-54(28-37-69(64)79)53-18-17-19-60(42-53)80-68-24-15-12-21-62(68)65-44-55(29-38-70(65)80)56-30-39-72-66(45-56)63-22-13-16-25-71(63)81-72/h11-45H,10,46H2,1-9H3. The maximum atomic E-state index is 6.18. The zero-order chi connectivity index (χ0) is 55.5. The van der Waals surface area contributed by atoms with E-state index in [1.54, 1.807) is 0 Å². The summed E-state index contributed by atoms with van der Waals surface area (Å²) in [5, 5.41) is 7.22. The van der Waals surface area contributed by atoms with Gasteiger partial charge in [-0.05, 0) is 198 Å². The van der Waals surface area contributed by atoms with Crippen molar-refractivity contribution in [3.63, 3.8) is 0 Å². The Hall–Kier alpha value is -9.19. The zero-order valence-corrected chi connectivity index (χ0v) is 47.8. The topological polar surface area (TPSA) is 40.8 Å².